The average Bonchev–Trinajstić information content (AvgIpc) is 2.40. The molecule has 3 nitrogen and oxygen atoms in total. The molecule has 98 valence electrons. The van der Waals surface area contributed by atoms with Gasteiger partial charge in [-0.15, -0.1) is 0 Å². The number of phenols is 1. The number of hydrogen-bond acceptors (Lipinski definition) is 3. The summed E-state index contributed by atoms with van der Waals surface area (Å²) in [7, 11) is 3.25. The molecule has 0 aromatic heterocycles. The Balaban J connectivity index is 0.000000321. The van der Waals surface area contributed by atoms with Gasteiger partial charge < -0.3 is 14.6 Å². The summed E-state index contributed by atoms with van der Waals surface area (Å²) in [5.74, 6) is 1.86. The van der Waals surface area contributed by atoms with Crippen molar-refractivity contribution in [3.63, 3.8) is 0 Å². The van der Waals surface area contributed by atoms with E-state index in [0.717, 1.165) is 11.5 Å². The van der Waals surface area contributed by atoms with Crippen LogP contribution >= 0.6 is 13.5 Å². The lowest BCUT2D eigenvalue weighted by Gasteiger charge is -2.04. The third kappa shape index (κ3) is 5.50. The normalized spacial score (nSPS) is 8.33. The summed E-state index contributed by atoms with van der Waals surface area (Å²) in [6.07, 6.45) is 0. The first-order valence-electron chi connectivity index (χ1n) is 5.19. The van der Waals surface area contributed by atoms with Crippen LogP contribution in [0.5, 0.6) is 17.2 Å². The van der Waals surface area contributed by atoms with Crippen molar-refractivity contribution < 1.29 is 14.6 Å². The molecule has 0 heterocycles. The summed E-state index contributed by atoms with van der Waals surface area (Å²) >= 11 is 0. The topological polar surface area (TPSA) is 38.7 Å². The van der Waals surface area contributed by atoms with Crippen LogP contribution < -0.4 is 9.47 Å². The molecule has 1 N–H and O–H groups in total. The summed E-state index contributed by atoms with van der Waals surface area (Å²) < 4.78 is 10.0. The lowest BCUT2D eigenvalue weighted by atomic mass is 10.3. The minimum atomic E-state index is 0. The highest BCUT2D eigenvalue weighted by molar-refractivity contribution is 7.59. The standard InChI is InChI=1S/C8H10O2.C6H6O.H2S/c1-9-7-5-3-4-6-8(7)10-2;7-6-4-2-1-3-5-6;/h3-6H,1-2H3;1-5,7H;1H2. The Bertz CT molecular complexity index is 409. The maximum Gasteiger partial charge on any atom is 0.160 e. The average molecular weight is 266 g/mol. The smallest absolute Gasteiger partial charge is 0.160 e. The zero-order valence-corrected chi connectivity index (χ0v) is 11.5. The summed E-state index contributed by atoms with van der Waals surface area (Å²) in [5, 5.41) is 8.63. The number of methoxy groups -OCH3 is 2. The van der Waals surface area contributed by atoms with Gasteiger partial charge in [-0.25, -0.2) is 0 Å². The number of phenolic OH excluding ortho intramolecular Hbond substituents is 1. The number of benzene rings is 2. The third-order valence-corrected chi connectivity index (χ3v) is 2.05. The van der Waals surface area contributed by atoms with Crippen molar-refractivity contribution in [1.29, 1.82) is 0 Å². The molecule has 0 aliphatic rings. The highest BCUT2D eigenvalue weighted by atomic mass is 32.1. The van der Waals surface area contributed by atoms with Gasteiger partial charge in [-0.1, -0.05) is 30.3 Å². The monoisotopic (exact) mass is 266 g/mol. The number of rotatable bonds is 2. The van der Waals surface area contributed by atoms with Crippen LogP contribution in [0.15, 0.2) is 54.6 Å². The molecule has 0 aliphatic carbocycles. The molecule has 4 heteroatoms. The predicted molar refractivity (Wildman–Crippen MR) is 78.0 cm³/mol. The van der Waals surface area contributed by atoms with Gasteiger partial charge >= 0.3 is 0 Å². The Morgan fingerprint density at radius 3 is 1.39 bits per heavy atom. The van der Waals surface area contributed by atoms with Crippen LogP contribution in [0, 0.1) is 0 Å². The highest BCUT2D eigenvalue weighted by Crippen LogP contribution is 2.24. The fourth-order valence-electron chi connectivity index (χ4n) is 1.22. The largest absolute Gasteiger partial charge is 0.508 e. The Labute approximate surface area is 114 Å². The molecule has 0 bridgehead atoms. The van der Waals surface area contributed by atoms with Gasteiger partial charge in [0.1, 0.15) is 5.75 Å². The van der Waals surface area contributed by atoms with Crippen LogP contribution in [0.2, 0.25) is 0 Å². The molecule has 0 saturated carbocycles. The van der Waals surface area contributed by atoms with E-state index >= 15 is 0 Å². The molecule has 0 aliphatic heterocycles. The van der Waals surface area contributed by atoms with Crippen molar-refractivity contribution >= 4 is 13.5 Å². The van der Waals surface area contributed by atoms with Crippen molar-refractivity contribution in [3.05, 3.63) is 54.6 Å². The van der Waals surface area contributed by atoms with E-state index in [1.54, 1.807) is 38.5 Å². The lowest BCUT2D eigenvalue weighted by molar-refractivity contribution is 0.355. The molecule has 0 fully saturated rings. The lowest BCUT2D eigenvalue weighted by Crippen LogP contribution is -1.88. The van der Waals surface area contributed by atoms with E-state index < -0.39 is 0 Å². The van der Waals surface area contributed by atoms with Gasteiger partial charge in [-0.05, 0) is 24.3 Å². The molecular weight excluding hydrogens is 248 g/mol. The zero-order chi connectivity index (χ0) is 12.5. The summed E-state index contributed by atoms with van der Waals surface area (Å²) in [5.41, 5.74) is 0. The SMILES string of the molecule is COc1ccccc1OC.Oc1ccccc1.S. The second-order valence-corrected chi connectivity index (χ2v) is 3.19. The number of ether oxygens (including phenoxy) is 2. The van der Waals surface area contributed by atoms with E-state index in [9.17, 15) is 0 Å². The van der Waals surface area contributed by atoms with Gasteiger partial charge in [-0.3, -0.25) is 0 Å². The van der Waals surface area contributed by atoms with E-state index in [0.29, 0.717) is 5.75 Å². The molecule has 0 amide bonds. The Morgan fingerprint density at radius 1 is 0.722 bits per heavy atom. The summed E-state index contributed by atoms with van der Waals surface area (Å²) in [6.45, 7) is 0. The van der Waals surface area contributed by atoms with Crippen molar-refractivity contribution in [2.24, 2.45) is 0 Å². The molecule has 2 rings (SSSR count). The third-order valence-electron chi connectivity index (χ3n) is 2.05. The molecule has 18 heavy (non-hydrogen) atoms. The minimum absolute atomic E-state index is 0. The fraction of sp³-hybridized carbons (Fsp3) is 0.143. The maximum absolute atomic E-state index is 8.63. The van der Waals surface area contributed by atoms with Crippen LogP contribution in [0.25, 0.3) is 0 Å². The van der Waals surface area contributed by atoms with Crippen molar-refractivity contribution in [2.75, 3.05) is 14.2 Å². The highest BCUT2D eigenvalue weighted by Gasteiger charge is 1.97. The van der Waals surface area contributed by atoms with Crippen LogP contribution in [-0.2, 0) is 0 Å². The molecule has 0 atom stereocenters. The van der Waals surface area contributed by atoms with Crippen LogP contribution in [0.1, 0.15) is 0 Å². The van der Waals surface area contributed by atoms with E-state index in [-0.39, 0.29) is 13.5 Å². The zero-order valence-electron chi connectivity index (χ0n) is 10.5. The molecule has 2 aromatic carbocycles. The van der Waals surface area contributed by atoms with Crippen LogP contribution in [0.3, 0.4) is 0 Å². The molecule has 0 spiro atoms. The predicted octanol–water partition coefficient (Wildman–Crippen LogP) is 3.21. The van der Waals surface area contributed by atoms with Crippen LogP contribution in [0.4, 0.5) is 0 Å². The Morgan fingerprint density at radius 2 is 1.11 bits per heavy atom. The second-order valence-electron chi connectivity index (χ2n) is 3.19. The van der Waals surface area contributed by atoms with Gasteiger partial charge in [-0.2, -0.15) is 13.5 Å². The van der Waals surface area contributed by atoms with Crippen molar-refractivity contribution in [2.45, 2.75) is 0 Å². The summed E-state index contributed by atoms with van der Waals surface area (Å²) in [6, 6.07) is 16.2. The van der Waals surface area contributed by atoms with Crippen molar-refractivity contribution in [1.82, 2.24) is 0 Å². The Hall–Kier alpha value is -1.81. The fourth-order valence-corrected chi connectivity index (χ4v) is 1.22. The van der Waals surface area contributed by atoms with E-state index in [1.165, 1.54) is 0 Å². The van der Waals surface area contributed by atoms with Crippen molar-refractivity contribution in [3.8, 4) is 17.2 Å². The van der Waals surface area contributed by atoms with E-state index in [4.69, 9.17) is 14.6 Å². The van der Waals surface area contributed by atoms with Gasteiger partial charge in [0, 0.05) is 0 Å². The quantitative estimate of drug-likeness (QED) is 0.907. The number of aromatic hydroxyl groups is 1. The Kier molecular flexibility index (Phi) is 8.31. The van der Waals surface area contributed by atoms with Gasteiger partial charge in [0.2, 0.25) is 0 Å². The first kappa shape index (κ1) is 16.2. The summed E-state index contributed by atoms with van der Waals surface area (Å²) in [4.78, 5) is 0. The first-order valence-corrected chi connectivity index (χ1v) is 5.19. The molecule has 2 aromatic rings. The minimum Gasteiger partial charge on any atom is -0.508 e. The van der Waals surface area contributed by atoms with Gasteiger partial charge in [0.15, 0.2) is 11.5 Å². The van der Waals surface area contributed by atoms with E-state index in [1.807, 2.05) is 30.3 Å². The second kappa shape index (κ2) is 9.24. The maximum atomic E-state index is 8.63. The molecule has 0 unspecified atom stereocenters. The van der Waals surface area contributed by atoms with Crippen LogP contribution in [-0.4, -0.2) is 19.3 Å². The molecule has 0 saturated heterocycles. The van der Waals surface area contributed by atoms with Gasteiger partial charge in [0.25, 0.3) is 0 Å². The van der Waals surface area contributed by atoms with E-state index in [2.05, 4.69) is 0 Å². The van der Waals surface area contributed by atoms with Gasteiger partial charge in [0.05, 0.1) is 14.2 Å². The number of hydrogen-bond donors (Lipinski definition) is 1. The molecular formula is C14H18O3S. The first-order chi connectivity index (χ1) is 8.27. The number of para-hydroxylation sites is 3. The molecule has 0 radical (unpaired) electrons.